The van der Waals surface area contributed by atoms with Crippen molar-refractivity contribution in [2.45, 2.75) is 19.5 Å². The molecule has 0 aromatic heterocycles. The first-order chi connectivity index (χ1) is 9.28. The van der Waals surface area contributed by atoms with Crippen LogP contribution in [0.2, 0.25) is 0 Å². The normalized spacial score (nSPS) is 11.2. The lowest BCUT2D eigenvalue weighted by atomic mass is 10.1. The van der Waals surface area contributed by atoms with Crippen molar-refractivity contribution >= 4 is 17.4 Å². The van der Waals surface area contributed by atoms with Crippen LogP contribution < -0.4 is 5.32 Å². The molecule has 0 saturated carbocycles. The Morgan fingerprint density at radius 2 is 1.80 bits per heavy atom. The van der Waals surface area contributed by atoms with E-state index in [2.05, 4.69) is 10.1 Å². The van der Waals surface area contributed by atoms with Gasteiger partial charge in [0.2, 0.25) is 5.91 Å². The number of rotatable bonds is 6. The lowest BCUT2D eigenvalue weighted by Gasteiger charge is -2.07. The van der Waals surface area contributed by atoms with Gasteiger partial charge >= 0.3 is 6.18 Å². The van der Waals surface area contributed by atoms with E-state index in [1.165, 1.54) is 19.1 Å². The second-order valence-electron chi connectivity index (χ2n) is 4.10. The van der Waals surface area contributed by atoms with Crippen LogP contribution in [0.3, 0.4) is 0 Å². The van der Waals surface area contributed by atoms with Crippen LogP contribution >= 0.6 is 0 Å². The van der Waals surface area contributed by atoms with Crippen molar-refractivity contribution in [3.05, 3.63) is 29.8 Å². The average Bonchev–Trinajstić information content (AvgIpc) is 2.33. The Balaban J connectivity index is 2.42. The molecule has 0 aliphatic heterocycles. The maximum Gasteiger partial charge on any atom is 0.411 e. The van der Waals surface area contributed by atoms with Gasteiger partial charge in [-0.05, 0) is 24.3 Å². The highest BCUT2D eigenvalue weighted by Gasteiger charge is 2.27. The summed E-state index contributed by atoms with van der Waals surface area (Å²) in [5, 5.41) is 2.54. The molecule has 1 N–H and O–H groups in total. The molecule has 7 heteroatoms. The highest BCUT2D eigenvalue weighted by atomic mass is 19.4. The Morgan fingerprint density at radius 1 is 1.20 bits per heavy atom. The molecule has 0 aliphatic carbocycles. The molecule has 0 aliphatic rings. The van der Waals surface area contributed by atoms with Crippen molar-refractivity contribution < 1.29 is 27.5 Å². The fraction of sp³-hybridized carbons (Fsp3) is 0.385. The number of alkyl halides is 3. The molecule has 20 heavy (non-hydrogen) atoms. The molecular weight excluding hydrogens is 275 g/mol. The van der Waals surface area contributed by atoms with Crippen LogP contribution in [0.1, 0.15) is 23.7 Å². The van der Waals surface area contributed by atoms with Gasteiger partial charge in [0.1, 0.15) is 6.61 Å². The van der Waals surface area contributed by atoms with Gasteiger partial charge in [0.25, 0.3) is 0 Å². The lowest BCUT2D eigenvalue weighted by molar-refractivity contribution is -0.173. The first-order valence-electron chi connectivity index (χ1n) is 5.83. The summed E-state index contributed by atoms with van der Waals surface area (Å²) in [6, 6.07) is 6.09. The van der Waals surface area contributed by atoms with E-state index in [-0.39, 0.29) is 24.7 Å². The number of amides is 1. The van der Waals surface area contributed by atoms with Crippen LogP contribution in [0.4, 0.5) is 18.9 Å². The fourth-order valence-electron chi connectivity index (χ4n) is 1.44. The van der Waals surface area contributed by atoms with Crippen LogP contribution in [-0.2, 0) is 9.53 Å². The van der Waals surface area contributed by atoms with Gasteiger partial charge in [-0.15, -0.1) is 0 Å². The number of ether oxygens (including phenoxy) is 1. The van der Waals surface area contributed by atoms with Crippen molar-refractivity contribution in [3.8, 4) is 0 Å². The molecule has 1 aromatic carbocycles. The molecule has 0 bridgehead atoms. The number of anilines is 1. The molecule has 0 spiro atoms. The first kappa shape index (κ1) is 16.2. The van der Waals surface area contributed by atoms with Gasteiger partial charge in [0.05, 0.1) is 6.61 Å². The predicted octanol–water partition coefficient (Wildman–Crippen LogP) is 2.80. The Morgan fingerprint density at radius 3 is 2.30 bits per heavy atom. The number of benzene rings is 1. The van der Waals surface area contributed by atoms with E-state index >= 15 is 0 Å². The molecule has 0 fully saturated rings. The van der Waals surface area contributed by atoms with Crippen molar-refractivity contribution in [3.63, 3.8) is 0 Å². The van der Waals surface area contributed by atoms with E-state index in [0.29, 0.717) is 11.3 Å². The van der Waals surface area contributed by atoms with E-state index < -0.39 is 12.8 Å². The Hall–Kier alpha value is -1.89. The molecule has 110 valence electrons. The molecule has 4 nitrogen and oxygen atoms in total. The van der Waals surface area contributed by atoms with E-state index in [4.69, 9.17) is 0 Å². The van der Waals surface area contributed by atoms with Crippen molar-refractivity contribution in [1.29, 1.82) is 0 Å². The third-order valence-electron chi connectivity index (χ3n) is 2.27. The molecule has 0 saturated heterocycles. The largest absolute Gasteiger partial charge is 0.411 e. The van der Waals surface area contributed by atoms with E-state index in [1.807, 2.05) is 0 Å². The summed E-state index contributed by atoms with van der Waals surface area (Å²) in [5.74, 6) is -0.550. The van der Waals surface area contributed by atoms with Crippen molar-refractivity contribution in [2.24, 2.45) is 0 Å². The summed E-state index contributed by atoms with van der Waals surface area (Å²) >= 11 is 0. The van der Waals surface area contributed by atoms with E-state index in [1.54, 1.807) is 12.1 Å². The lowest BCUT2D eigenvalue weighted by Crippen LogP contribution is -2.18. The highest BCUT2D eigenvalue weighted by molar-refractivity contribution is 5.97. The van der Waals surface area contributed by atoms with Gasteiger partial charge in [-0.3, -0.25) is 9.59 Å². The van der Waals surface area contributed by atoms with Crippen LogP contribution in [0.15, 0.2) is 24.3 Å². The first-order valence-corrected chi connectivity index (χ1v) is 5.83. The van der Waals surface area contributed by atoms with Crippen LogP contribution in [0.5, 0.6) is 0 Å². The smallest absolute Gasteiger partial charge is 0.372 e. The Bertz CT molecular complexity index is 469. The van der Waals surface area contributed by atoms with Crippen LogP contribution in [0.25, 0.3) is 0 Å². The van der Waals surface area contributed by atoms with Gasteiger partial charge in [-0.2, -0.15) is 13.2 Å². The van der Waals surface area contributed by atoms with Gasteiger partial charge in [0.15, 0.2) is 5.78 Å². The monoisotopic (exact) mass is 289 g/mol. The van der Waals surface area contributed by atoms with E-state index in [0.717, 1.165) is 0 Å². The molecule has 0 radical (unpaired) electrons. The maximum absolute atomic E-state index is 11.8. The zero-order valence-electron chi connectivity index (χ0n) is 10.8. The van der Waals surface area contributed by atoms with Gasteiger partial charge in [-0.25, -0.2) is 0 Å². The van der Waals surface area contributed by atoms with Gasteiger partial charge < -0.3 is 10.1 Å². The molecule has 0 atom stereocenters. The molecule has 1 rings (SSSR count). The van der Waals surface area contributed by atoms with Gasteiger partial charge in [0, 0.05) is 24.6 Å². The number of nitrogens with one attached hydrogen (secondary N) is 1. The number of halogens is 3. The number of carbonyl (C=O) groups excluding carboxylic acids is 2. The third kappa shape index (κ3) is 6.33. The zero-order valence-corrected chi connectivity index (χ0v) is 10.8. The topological polar surface area (TPSA) is 55.4 Å². The third-order valence-corrected chi connectivity index (χ3v) is 2.27. The average molecular weight is 289 g/mol. The standard InChI is InChI=1S/C13H14F3NO3/c1-9(18)17-11-4-2-10(3-5-11)12(19)6-7-20-8-13(14,15)16/h2-5H,6-8H2,1H3,(H,17,18). The molecular formula is C13H14F3NO3. The molecule has 0 unspecified atom stereocenters. The van der Waals surface area contributed by atoms with Crippen molar-refractivity contribution in [2.75, 3.05) is 18.5 Å². The summed E-state index contributed by atoms with van der Waals surface area (Å²) in [6.07, 6.45) is -4.52. The zero-order chi connectivity index (χ0) is 15.2. The molecule has 1 amide bonds. The second-order valence-corrected chi connectivity index (χ2v) is 4.10. The Labute approximate surface area is 113 Å². The second kappa shape index (κ2) is 7.04. The Kier molecular flexibility index (Phi) is 5.69. The number of Topliss-reactive ketones (excluding diaryl/α,β-unsaturated/α-hetero) is 1. The fourth-order valence-corrected chi connectivity index (χ4v) is 1.44. The number of hydrogen-bond acceptors (Lipinski definition) is 3. The molecule has 1 aromatic rings. The van der Waals surface area contributed by atoms with Crippen molar-refractivity contribution in [1.82, 2.24) is 0 Å². The van der Waals surface area contributed by atoms with Crippen LogP contribution in [0, 0.1) is 0 Å². The summed E-state index contributed by atoms with van der Waals surface area (Å²) < 4.78 is 39.8. The quantitative estimate of drug-likeness (QED) is 0.647. The minimum absolute atomic E-state index is 0.129. The summed E-state index contributed by atoms with van der Waals surface area (Å²) in [4.78, 5) is 22.5. The maximum atomic E-state index is 11.8. The van der Waals surface area contributed by atoms with Crippen LogP contribution in [-0.4, -0.2) is 31.1 Å². The minimum atomic E-state index is -4.39. The summed E-state index contributed by atoms with van der Waals surface area (Å²) in [5.41, 5.74) is 0.900. The highest BCUT2D eigenvalue weighted by Crippen LogP contribution is 2.15. The number of carbonyl (C=O) groups is 2. The van der Waals surface area contributed by atoms with Gasteiger partial charge in [-0.1, -0.05) is 0 Å². The predicted molar refractivity (Wildman–Crippen MR) is 66.6 cm³/mol. The number of hydrogen-bond donors (Lipinski definition) is 1. The van der Waals surface area contributed by atoms with E-state index in [9.17, 15) is 22.8 Å². The molecule has 0 heterocycles. The number of ketones is 1. The minimum Gasteiger partial charge on any atom is -0.372 e. The summed E-state index contributed by atoms with van der Waals surface area (Å²) in [7, 11) is 0. The SMILES string of the molecule is CC(=O)Nc1ccc(C(=O)CCOCC(F)(F)F)cc1. The summed E-state index contributed by atoms with van der Waals surface area (Å²) in [6.45, 7) is -0.287.